The Morgan fingerprint density at radius 2 is 1.88 bits per heavy atom. The van der Waals surface area contributed by atoms with Crippen LogP contribution >= 0.6 is 0 Å². The predicted octanol–water partition coefficient (Wildman–Crippen LogP) is 3.43. The zero-order chi connectivity index (χ0) is 22.5. The van der Waals surface area contributed by atoms with Crippen molar-refractivity contribution in [2.75, 3.05) is 49.1 Å². The van der Waals surface area contributed by atoms with Crippen LogP contribution in [0.3, 0.4) is 0 Å². The SMILES string of the molecule is CC[C@H]1CN(c2ccc(N3CCN(C(=O)COCc4ccccc4)CC3)c(F)c2)C(=O)O1. The number of cyclic esters (lactones) is 1. The number of ether oxygens (including phenoxy) is 2. The van der Waals surface area contributed by atoms with Crippen LogP contribution < -0.4 is 9.80 Å². The average molecular weight is 442 g/mol. The third kappa shape index (κ3) is 5.02. The molecule has 2 aromatic carbocycles. The van der Waals surface area contributed by atoms with E-state index in [-0.39, 0.29) is 24.4 Å². The Hall–Kier alpha value is -3.13. The molecule has 1 atom stereocenters. The number of halogens is 1. The van der Waals surface area contributed by atoms with Crippen molar-refractivity contribution in [3.05, 3.63) is 59.9 Å². The van der Waals surface area contributed by atoms with Gasteiger partial charge in [0.05, 0.1) is 24.5 Å². The van der Waals surface area contributed by atoms with E-state index in [1.54, 1.807) is 17.0 Å². The van der Waals surface area contributed by atoms with E-state index in [4.69, 9.17) is 9.47 Å². The molecule has 7 nitrogen and oxygen atoms in total. The Labute approximate surface area is 187 Å². The summed E-state index contributed by atoms with van der Waals surface area (Å²) in [6.07, 6.45) is 0.126. The fourth-order valence-electron chi connectivity index (χ4n) is 3.98. The van der Waals surface area contributed by atoms with Crippen molar-refractivity contribution in [3.8, 4) is 0 Å². The monoisotopic (exact) mass is 441 g/mol. The minimum Gasteiger partial charge on any atom is -0.444 e. The lowest BCUT2D eigenvalue weighted by atomic mass is 10.2. The van der Waals surface area contributed by atoms with Gasteiger partial charge in [-0.3, -0.25) is 9.69 Å². The van der Waals surface area contributed by atoms with E-state index in [2.05, 4.69) is 0 Å². The van der Waals surface area contributed by atoms with Crippen molar-refractivity contribution in [3.63, 3.8) is 0 Å². The average Bonchev–Trinajstić information content (AvgIpc) is 3.20. The molecule has 0 aromatic heterocycles. The van der Waals surface area contributed by atoms with E-state index in [0.717, 1.165) is 12.0 Å². The molecular weight excluding hydrogens is 413 g/mol. The normalized spacial score (nSPS) is 18.8. The van der Waals surface area contributed by atoms with Gasteiger partial charge in [0.1, 0.15) is 18.5 Å². The third-order valence-electron chi connectivity index (χ3n) is 5.88. The molecule has 2 heterocycles. The number of anilines is 2. The van der Waals surface area contributed by atoms with Crippen LogP contribution in [-0.4, -0.2) is 62.3 Å². The number of rotatable bonds is 7. The van der Waals surface area contributed by atoms with E-state index in [0.29, 0.717) is 50.7 Å². The van der Waals surface area contributed by atoms with Gasteiger partial charge >= 0.3 is 6.09 Å². The van der Waals surface area contributed by atoms with Crippen LogP contribution in [0.1, 0.15) is 18.9 Å². The lowest BCUT2D eigenvalue weighted by molar-refractivity contribution is -0.136. The molecule has 32 heavy (non-hydrogen) atoms. The molecule has 8 heteroatoms. The minimum absolute atomic E-state index is 0.0304. The molecule has 0 N–H and O–H groups in total. The molecule has 0 radical (unpaired) electrons. The second-order valence-electron chi connectivity index (χ2n) is 8.01. The Bertz CT molecular complexity index is 948. The Balaban J connectivity index is 1.28. The van der Waals surface area contributed by atoms with E-state index in [1.165, 1.54) is 11.0 Å². The quantitative estimate of drug-likeness (QED) is 0.659. The van der Waals surface area contributed by atoms with E-state index < -0.39 is 6.09 Å². The summed E-state index contributed by atoms with van der Waals surface area (Å²) in [6, 6.07) is 14.5. The van der Waals surface area contributed by atoms with Crippen LogP contribution in [0.15, 0.2) is 48.5 Å². The molecule has 2 aliphatic heterocycles. The number of benzene rings is 2. The van der Waals surface area contributed by atoms with E-state index in [1.807, 2.05) is 42.2 Å². The first-order valence-corrected chi connectivity index (χ1v) is 11.0. The van der Waals surface area contributed by atoms with Crippen LogP contribution in [0, 0.1) is 5.82 Å². The Morgan fingerprint density at radius 3 is 2.53 bits per heavy atom. The van der Waals surface area contributed by atoms with Crippen LogP contribution in [-0.2, 0) is 20.9 Å². The van der Waals surface area contributed by atoms with Crippen molar-refractivity contribution in [2.45, 2.75) is 26.1 Å². The second-order valence-corrected chi connectivity index (χ2v) is 8.01. The fraction of sp³-hybridized carbons (Fsp3) is 0.417. The van der Waals surface area contributed by atoms with Crippen molar-refractivity contribution in [1.82, 2.24) is 4.90 Å². The van der Waals surface area contributed by atoms with Gasteiger partial charge in [-0.05, 0) is 30.2 Å². The van der Waals surface area contributed by atoms with Gasteiger partial charge in [0, 0.05) is 26.2 Å². The maximum atomic E-state index is 14.9. The molecular formula is C24H28FN3O4. The molecule has 4 rings (SSSR count). The molecule has 0 aliphatic carbocycles. The summed E-state index contributed by atoms with van der Waals surface area (Å²) in [4.78, 5) is 29.6. The molecule has 0 saturated carbocycles. The van der Waals surface area contributed by atoms with Crippen molar-refractivity contribution in [2.24, 2.45) is 0 Å². The highest BCUT2D eigenvalue weighted by Gasteiger charge is 2.32. The number of piperazine rings is 1. The lowest BCUT2D eigenvalue weighted by Gasteiger charge is -2.36. The smallest absolute Gasteiger partial charge is 0.414 e. The topological polar surface area (TPSA) is 62.3 Å². The van der Waals surface area contributed by atoms with Gasteiger partial charge in [0.15, 0.2) is 0 Å². The van der Waals surface area contributed by atoms with Gasteiger partial charge in [-0.2, -0.15) is 0 Å². The largest absolute Gasteiger partial charge is 0.444 e. The van der Waals surface area contributed by atoms with Crippen molar-refractivity contribution >= 4 is 23.4 Å². The lowest BCUT2D eigenvalue weighted by Crippen LogP contribution is -2.50. The minimum atomic E-state index is -0.439. The molecule has 0 bridgehead atoms. The number of carbonyl (C=O) groups is 2. The van der Waals surface area contributed by atoms with Gasteiger partial charge < -0.3 is 19.3 Å². The first-order valence-electron chi connectivity index (χ1n) is 11.0. The molecule has 2 aromatic rings. The Morgan fingerprint density at radius 1 is 1.12 bits per heavy atom. The van der Waals surface area contributed by atoms with Crippen LogP contribution in [0.5, 0.6) is 0 Å². The number of amides is 2. The summed E-state index contributed by atoms with van der Waals surface area (Å²) in [5, 5.41) is 0. The van der Waals surface area contributed by atoms with Gasteiger partial charge in [0.2, 0.25) is 5.91 Å². The second kappa shape index (κ2) is 9.99. The van der Waals surface area contributed by atoms with Gasteiger partial charge in [-0.15, -0.1) is 0 Å². The number of hydrogen-bond acceptors (Lipinski definition) is 5. The summed E-state index contributed by atoms with van der Waals surface area (Å²) in [5.41, 5.74) is 1.99. The molecule has 2 saturated heterocycles. The zero-order valence-corrected chi connectivity index (χ0v) is 18.2. The highest BCUT2D eigenvalue weighted by atomic mass is 19.1. The summed E-state index contributed by atoms with van der Waals surface area (Å²) in [6.45, 7) is 4.88. The summed E-state index contributed by atoms with van der Waals surface area (Å²) in [7, 11) is 0. The van der Waals surface area contributed by atoms with Gasteiger partial charge in [0.25, 0.3) is 0 Å². The van der Waals surface area contributed by atoms with Crippen molar-refractivity contribution < 1.29 is 23.5 Å². The van der Waals surface area contributed by atoms with Gasteiger partial charge in [-0.25, -0.2) is 9.18 Å². The fourth-order valence-corrected chi connectivity index (χ4v) is 3.98. The van der Waals surface area contributed by atoms with Crippen LogP contribution in [0.2, 0.25) is 0 Å². The number of hydrogen-bond donors (Lipinski definition) is 0. The molecule has 0 unspecified atom stereocenters. The maximum absolute atomic E-state index is 14.9. The molecule has 2 aliphatic rings. The number of carbonyl (C=O) groups excluding carboxylic acids is 2. The summed E-state index contributed by atoms with van der Waals surface area (Å²) >= 11 is 0. The van der Waals surface area contributed by atoms with Crippen molar-refractivity contribution in [1.29, 1.82) is 0 Å². The Kier molecular flexibility index (Phi) is 6.90. The standard InChI is InChI=1S/C24H28FN3O4/c1-2-20-15-28(24(30)32-20)19-8-9-22(21(25)14-19)26-10-12-27(13-11-26)23(29)17-31-16-18-6-4-3-5-7-18/h3-9,14,20H,2,10-13,15-17H2,1H3/t20-/m0/s1. The number of nitrogens with zero attached hydrogens (tertiary/aromatic N) is 3. The summed E-state index contributed by atoms with van der Waals surface area (Å²) < 4.78 is 25.7. The highest BCUT2D eigenvalue weighted by Crippen LogP contribution is 2.29. The predicted molar refractivity (Wildman–Crippen MR) is 119 cm³/mol. The third-order valence-corrected chi connectivity index (χ3v) is 5.88. The molecule has 170 valence electrons. The first-order chi connectivity index (χ1) is 15.5. The summed E-state index contributed by atoms with van der Waals surface area (Å²) in [5.74, 6) is -0.448. The molecule has 2 amide bonds. The maximum Gasteiger partial charge on any atom is 0.414 e. The molecule has 0 spiro atoms. The van der Waals surface area contributed by atoms with E-state index in [9.17, 15) is 14.0 Å². The highest BCUT2D eigenvalue weighted by molar-refractivity contribution is 5.90. The van der Waals surface area contributed by atoms with Gasteiger partial charge in [-0.1, -0.05) is 37.3 Å². The molecule has 2 fully saturated rings. The van der Waals surface area contributed by atoms with Crippen LogP contribution in [0.25, 0.3) is 0 Å². The zero-order valence-electron chi connectivity index (χ0n) is 18.2. The van der Waals surface area contributed by atoms with Crippen LogP contribution in [0.4, 0.5) is 20.6 Å². The van der Waals surface area contributed by atoms with E-state index >= 15 is 0 Å². The first kappa shape index (κ1) is 22.1.